The zero-order valence-corrected chi connectivity index (χ0v) is 13.1. The Hall–Kier alpha value is -4.08. The fourth-order valence-electron chi connectivity index (χ4n) is 1.94. The van der Waals surface area contributed by atoms with Gasteiger partial charge in [0.15, 0.2) is 0 Å². The third kappa shape index (κ3) is 3.87. The van der Waals surface area contributed by atoms with Crippen molar-refractivity contribution in [1.82, 2.24) is 15.6 Å². The van der Waals surface area contributed by atoms with Gasteiger partial charge in [-0.15, -0.1) is 0 Å². The van der Waals surface area contributed by atoms with E-state index in [1.165, 1.54) is 42.6 Å². The molecule has 10 heteroatoms. The van der Waals surface area contributed by atoms with Crippen molar-refractivity contribution < 1.29 is 19.3 Å². The number of benzene rings is 2. The summed E-state index contributed by atoms with van der Waals surface area (Å²) < 4.78 is 4.86. The number of hydrogen-bond donors (Lipinski definition) is 2. The molecule has 0 aliphatic carbocycles. The van der Waals surface area contributed by atoms with E-state index in [0.717, 1.165) is 0 Å². The topological polar surface area (TPSA) is 144 Å². The van der Waals surface area contributed by atoms with Crippen LogP contribution in [0.5, 0.6) is 5.75 Å². The minimum atomic E-state index is -0.708. The lowest BCUT2D eigenvalue weighted by atomic mass is 10.2. The second-order valence-corrected chi connectivity index (χ2v) is 5.02. The van der Waals surface area contributed by atoms with Gasteiger partial charge in [-0.25, -0.2) is 5.43 Å². The number of carbonyl (C=O) groups excluding carboxylic acids is 1. The molecule has 0 fully saturated rings. The van der Waals surface area contributed by atoms with Gasteiger partial charge < -0.3 is 9.63 Å². The Kier molecular flexibility index (Phi) is 4.65. The molecule has 0 bridgehead atoms. The normalized spacial score (nSPS) is 10.8. The first-order valence-corrected chi connectivity index (χ1v) is 7.24. The number of nitro benzene ring substituents is 1. The van der Waals surface area contributed by atoms with Crippen LogP contribution in [0.2, 0.25) is 0 Å². The van der Waals surface area contributed by atoms with Gasteiger partial charge in [-0.1, -0.05) is 5.16 Å². The van der Waals surface area contributed by atoms with Gasteiger partial charge in [0.05, 0.1) is 11.1 Å². The monoisotopic (exact) mass is 353 g/mol. The molecule has 0 saturated heterocycles. The van der Waals surface area contributed by atoms with Crippen molar-refractivity contribution in [3.8, 4) is 17.1 Å². The van der Waals surface area contributed by atoms with E-state index < -0.39 is 10.8 Å². The molecule has 0 aliphatic rings. The molecule has 2 aromatic carbocycles. The molecule has 3 rings (SSSR count). The molecule has 0 radical (unpaired) electrons. The highest BCUT2D eigenvalue weighted by Crippen LogP contribution is 2.19. The Morgan fingerprint density at radius 1 is 1.19 bits per heavy atom. The van der Waals surface area contributed by atoms with Crippen LogP contribution >= 0.6 is 0 Å². The molecule has 1 aromatic heterocycles. The summed E-state index contributed by atoms with van der Waals surface area (Å²) in [4.78, 5) is 26.0. The Morgan fingerprint density at radius 3 is 2.54 bits per heavy atom. The van der Waals surface area contributed by atoms with Crippen molar-refractivity contribution in [2.24, 2.45) is 5.10 Å². The van der Waals surface area contributed by atoms with E-state index in [0.29, 0.717) is 11.1 Å². The van der Waals surface area contributed by atoms with Crippen molar-refractivity contribution >= 4 is 17.8 Å². The molecule has 0 atom stereocenters. The third-order valence-electron chi connectivity index (χ3n) is 3.23. The Labute approximate surface area is 145 Å². The van der Waals surface area contributed by atoms with E-state index in [1.54, 1.807) is 12.1 Å². The first-order valence-electron chi connectivity index (χ1n) is 7.24. The number of hydrogen-bond acceptors (Lipinski definition) is 8. The predicted octanol–water partition coefficient (Wildman–Crippen LogP) is 2.11. The van der Waals surface area contributed by atoms with Crippen molar-refractivity contribution in [3.05, 3.63) is 70.1 Å². The van der Waals surface area contributed by atoms with Gasteiger partial charge in [0.25, 0.3) is 5.69 Å². The van der Waals surface area contributed by atoms with Gasteiger partial charge in [-0.2, -0.15) is 10.1 Å². The van der Waals surface area contributed by atoms with Crippen LogP contribution in [0.15, 0.2) is 58.2 Å². The second kappa shape index (κ2) is 7.21. The van der Waals surface area contributed by atoms with Crippen LogP contribution < -0.4 is 5.43 Å². The zero-order valence-electron chi connectivity index (χ0n) is 13.1. The zero-order chi connectivity index (χ0) is 18.5. The minimum absolute atomic E-state index is 0.0706. The average Bonchev–Trinajstić information content (AvgIpc) is 3.13. The number of nitrogens with one attached hydrogen (secondary N) is 1. The molecule has 3 aromatic rings. The number of aromatic hydroxyl groups is 1. The van der Waals surface area contributed by atoms with Gasteiger partial charge in [-0.3, -0.25) is 14.9 Å². The van der Waals surface area contributed by atoms with Crippen LogP contribution in [-0.2, 0) is 0 Å². The molecule has 130 valence electrons. The Bertz CT molecular complexity index is 963. The predicted molar refractivity (Wildman–Crippen MR) is 89.6 cm³/mol. The van der Waals surface area contributed by atoms with Gasteiger partial charge in [0, 0.05) is 17.7 Å². The number of hydrazone groups is 1. The third-order valence-corrected chi connectivity index (χ3v) is 3.23. The number of phenolic OH excluding ortho intramolecular Hbond substituents is 1. The maximum absolute atomic E-state index is 11.9. The number of nitrogens with zero attached hydrogens (tertiary/aromatic N) is 4. The summed E-state index contributed by atoms with van der Waals surface area (Å²) in [6, 6.07) is 11.7. The van der Waals surface area contributed by atoms with Crippen LogP contribution in [0.3, 0.4) is 0 Å². The number of nitro groups is 1. The van der Waals surface area contributed by atoms with Gasteiger partial charge in [-0.05, 0) is 42.0 Å². The van der Waals surface area contributed by atoms with E-state index in [-0.39, 0.29) is 23.2 Å². The van der Waals surface area contributed by atoms with Crippen LogP contribution in [0.25, 0.3) is 11.4 Å². The fraction of sp³-hybridized carbons (Fsp3) is 0. The highest BCUT2D eigenvalue weighted by Gasteiger charge is 2.16. The van der Waals surface area contributed by atoms with Crippen molar-refractivity contribution in [1.29, 1.82) is 0 Å². The van der Waals surface area contributed by atoms with Crippen LogP contribution in [-0.4, -0.2) is 32.3 Å². The molecule has 1 amide bonds. The summed E-state index contributed by atoms with van der Waals surface area (Å²) >= 11 is 0. The quantitative estimate of drug-likeness (QED) is 0.406. The molecule has 0 unspecified atom stereocenters. The molecular formula is C16H11N5O5. The lowest BCUT2D eigenvalue weighted by molar-refractivity contribution is -0.384. The number of amides is 1. The van der Waals surface area contributed by atoms with Gasteiger partial charge in [0.2, 0.25) is 5.82 Å². The summed E-state index contributed by atoms with van der Waals surface area (Å²) in [6.45, 7) is 0. The lowest BCUT2D eigenvalue weighted by Crippen LogP contribution is -2.17. The summed E-state index contributed by atoms with van der Waals surface area (Å²) in [6.07, 6.45) is 1.38. The number of carbonyl (C=O) groups is 1. The fourth-order valence-corrected chi connectivity index (χ4v) is 1.94. The van der Waals surface area contributed by atoms with Crippen molar-refractivity contribution in [2.75, 3.05) is 0 Å². The molecular weight excluding hydrogens is 342 g/mol. The maximum Gasteiger partial charge on any atom is 0.329 e. The molecule has 0 spiro atoms. The number of non-ortho nitro benzene ring substituents is 1. The molecule has 1 heterocycles. The van der Waals surface area contributed by atoms with Gasteiger partial charge >= 0.3 is 11.8 Å². The summed E-state index contributed by atoms with van der Waals surface area (Å²) in [5, 5.41) is 27.2. The highest BCUT2D eigenvalue weighted by molar-refractivity contribution is 5.91. The van der Waals surface area contributed by atoms with E-state index in [1.807, 2.05) is 0 Å². The molecule has 2 N–H and O–H groups in total. The first-order chi connectivity index (χ1) is 12.5. The second-order valence-electron chi connectivity index (χ2n) is 5.02. The molecule has 0 saturated carbocycles. The highest BCUT2D eigenvalue weighted by atomic mass is 16.6. The molecule has 26 heavy (non-hydrogen) atoms. The van der Waals surface area contributed by atoms with Crippen molar-refractivity contribution in [2.45, 2.75) is 0 Å². The molecule has 0 aliphatic heterocycles. The van der Waals surface area contributed by atoms with E-state index in [9.17, 15) is 20.0 Å². The first kappa shape index (κ1) is 16.8. The molecule has 10 nitrogen and oxygen atoms in total. The van der Waals surface area contributed by atoms with E-state index in [4.69, 9.17) is 4.52 Å². The standard InChI is InChI=1S/C16H11N5O5/c22-13-7-1-10(2-8-13)9-17-19-15(23)16-18-14(20-26-16)11-3-5-12(6-4-11)21(24)25/h1-9,22H,(H,19,23)/b17-9+. The largest absolute Gasteiger partial charge is 0.508 e. The Morgan fingerprint density at radius 2 is 1.88 bits per heavy atom. The van der Waals surface area contributed by atoms with Crippen LogP contribution in [0, 0.1) is 10.1 Å². The van der Waals surface area contributed by atoms with Gasteiger partial charge in [0.1, 0.15) is 5.75 Å². The number of rotatable bonds is 5. The minimum Gasteiger partial charge on any atom is -0.508 e. The smallest absolute Gasteiger partial charge is 0.329 e. The summed E-state index contributed by atoms with van der Waals surface area (Å²) in [7, 11) is 0. The average molecular weight is 353 g/mol. The summed E-state index contributed by atoms with van der Waals surface area (Å²) in [5.74, 6) is -0.773. The van der Waals surface area contributed by atoms with Crippen LogP contribution in [0.1, 0.15) is 16.2 Å². The SMILES string of the molecule is O=C(N/N=C/c1ccc(O)cc1)c1nc(-c2ccc([N+](=O)[O-])cc2)no1. The van der Waals surface area contributed by atoms with E-state index >= 15 is 0 Å². The summed E-state index contributed by atoms with van der Waals surface area (Å²) in [5.41, 5.74) is 3.29. The van der Waals surface area contributed by atoms with Crippen molar-refractivity contribution in [3.63, 3.8) is 0 Å². The lowest BCUT2D eigenvalue weighted by Gasteiger charge is -1.95. The Balaban J connectivity index is 1.65. The maximum atomic E-state index is 11.9. The van der Waals surface area contributed by atoms with Crippen LogP contribution in [0.4, 0.5) is 5.69 Å². The van der Waals surface area contributed by atoms with E-state index in [2.05, 4.69) is 20.7 Å². The number of phenols is 1. The number of aromatic nitrogens is 2.